The molecule has 0 unspecified atom stereocenters. The van der Waals surface area contributed by atoms with E-state index in [1.54, 1.807) is 20.8 Å². The lowest BCUT2D eigenvalue weighted by molar-refractivity contribution is -0.161. The Kier molecular flexibility index (Phi) is 5.31. The fourth-order valence-corrected chi connectivity index (χ4v) is 1.90. The smallest absolute Gasteiger partial charge is 0.331 e. The zero-order valence-corrected chi connectivity index (χ0v) is 12.0. The van der Waals surface area contributed by atoms with Crippen molar-refractivity contribution in [3.63, 3.8) is 0 Å². The highest BCUT2D eigenvalue weighted by Gasteiger charge is 2.32. The van der Waals surface area contributed by atoms with Crippen LogP contribution in [0.4, 0.5) is 0 Å². The van der Waals surface area contributed by atoms with Crippen LogP contribution in [0, 0.1) is 0 Å². The molecule has 3 N–H and O–H groups in total. The first-order chi connectivity index (χ1) is 8.70. The second-order valence-corrected chi connectivity index (χ2v) is 5.91. The summed E-state index contributed by atoms with van der Waals surface area (Å²) < 4.78 is 5.19. The van der Waals surface area contributed by atoms with Crippen molar-refractivity contribution in [3.05, 3.63) is 0 Å². The fraction of sp³-hybridized carbons (Fsp3) is 0.846. The molecule has 19 heavy (non-hydrogen) atoms. The average molecular weight is 272 g/mol. The second kappa shape index (κ2) is 6.34. The van der Waals surface area contributed by atoms with Crippen LogP contribution in [0.15, 0.2) is 0 Å². The molecule has 0 radical (unpaired) electrons. The summed E-state index contributed by atoms with van der Waals surface area (Å²) in [6.07, 6.45) is 0.677. The van der Waals surface area contributed by atoms with Gasteiger partial charge in [-0.1, -0.05) is 0 Å². The van der Waals surface area contributed by atoms with Crippen LogP contribution >= 0.6 is 0 Å². The maximum absolute atomic E-state index is 11.9. The van der Waals surface area contributed by atoms with Gasteiger partial charge in [-0.05, 0) is 47.1 Å². The van der Waals surface area contributed by atoms with Crippen molar-refractivity contribution in [2.24, 2.45) is 0 Å². The Morgan fingerprint density at radius 3 is 2.47 bits per heavy atom. The number of amides is 1. The normalized spacial score (nSPS) is 22.7. The van der Waals surface area contributed by atoms with Crippen molar-refractivity contribution in [2.75, 3.05) is 6.54 Å². The number of hydrogen-bond acceptors (Lipinski definition) is 5. The van der Waals surface area contributed by atoms with Gasteiger partial charge in [0, 0.05) is 0 Å². The van der Waals surface area contributed by atoms with E-state index in [2.05, 4.69) is 10.6 Å². The standard InChI is InChI=1S/C13H24N2O4/c1-8(16)10(12(18)19-13(2,3)4)15-11(17)9-6-5-7-14-9/h8-10,14,16H,5-7H2,1-4H3,(H,15,17)/t8-,9-,10-/m0/s1. The highest BCUT2D eigenvalue weighted by Crippen LogP contribution is 2.11. The predicted molar refractivity (Wildman–Crippen MR) is 70.5 cm³/mol. The Hall–Kier alpha value is -1.14. The Morgan fingerprint density at radius 1 is 1.42 bits per heavy atom. The van der Waals surface area contributed by atoms with Gasteiger partial charge in [0.2, 0.25) is 5.91 Å². The summed E-state index contributed by atoms with van der Waals surface area (Å²) in [5.74, 6) is -0.886. The third-order valence-electron chi connectivity index (χ3n) is 2.82. The van der Waals surface area contributed by atoms with Crippen LogP contribution in [0.5, 0.6) is 0 Å². The van der Waals surface area contributed by atoms with Crippen molar-refractivity contribution in [3.8, 4) is 0 Å². The van der Waals surface area contributed by atoms with Crippen molar-refractivity contribution in [1.82, 2.24) is 10.6 Å². The van der Waals surface area contributed by atoms with Crippen LogP contribution in [0.1, 0.15) is 40.5 Å². The highest BCUT2D eigenvalue weighted by molar-refractivity contribution is 5.88. The van der Waals surface area contributed by atoms with Gasteiger partial charge in [-0.15, -0.1) is 0 Å². The zero-order chi connectivity index (χ0) is 14.6. The number of nitrogens with one attached hydrogen (secondary N) is 2. The van der Waals surface area contributed by atoms with Gasteiger partial charge < -0.3 is 20.5 Å². The molecule has 110 valence electrons. The first kappa shape index (κ1) is 15.9. The number of carbonyl (C=O) groups is 2. The first-order valence-electron chi connectivity index (χ1n) is 6.65. The second-order valence-electron chi connectivity index (χ2n) is 5.91. The number of ether oxygens (including phenoxy) is 1. The van der Waals surface area contributed by atoms with Gasteiger partial charge in [-0.2, -0.15) is 0 Å². The van der Waals surface area contributed by atoms with Crippen LogP contribution in [0.2, 0.25) is 0 Å². The third kappa shape index (κ3) is 5.16. The summed E-state index contributed by atoms with van der Waals surface area (Å²) in [5.41, 5.74) is -0.652. The van der Waals surface area contributed by atoms with E-state index in [1.807, 2.05) is 0 Å². The van der Waals surface area contributed by atoms with E-state index in [0.29, 0.717) is 0 Å². The molecule has 1 aliphatic heterocycles. The lowest BCUT2D eigenvalue weighted by Crippen LogP contribution is -2.54. The highest BCUT2D eigenvalue weighted by atomic mass is 16.6. The van der Waals surface area contributed by atoms with Gasteiger partial charge in [0.25, 0.3) is 0 Å². The molecule has 0 saturated carbocycles. The van der Waals surface area contributed by atoms with Crippen molar-refractivity contribution in [1.29, 1.82) is 0 Å². The summed E-state index contributed by atoms with van der Waals surface area (Å²) in [6, 6.07) is -1.32. The topological polar surface area (TPSA) is 87.7 Å². The van der Waals surface area contributed by atoms with Crippen molar-refractivity contribution in [2.45, 2.75) is 64.3 Å². The van der Waals surface area contributed by atoms with Crippen molar-refractivity contribution >= 4 is 11.9 Å². The third-order valence-corrected chi connectivity index (χ3v) is 2.82. The van der Waals surface area contributed by atoms with Crippen LogP contribution in [0.25, 0.3) is 0 Å². The minimum absolute atomic E-state index is 0.269. The molecule has 6 nitrogen and oxygen atoms in total. The predicted octanol–water partition coefficient (Wildman–Crippen LogP) is -0.0543. The van der Waals surface area contributed by atoms with Gasteiger partial charge in [-0.3, -0.25) is 4.79 Å². The van der Waals surface area contributed by atoms with Gasteiger partial charge >= 0.3 is 5.97 Å². The molecule has 6 heteroatoms. The monoisotopic (exact) mass is 272 g/mol. The van der Waals surface area contributed by atoms with E-state index < -0.39 is 23.7 Å². The summed E-state index contributed by atoms with van der Waals surface area (Å²) in [7, 11) is 0. The molecular formula is C13H24N2O4. The zero-order valence-electron chi connectivity index (χ0n) is 12.0. The summed E-state index contributed by atoms with van der Waals surface area (Å²) in [5, 5.41) is 15.2. The Labute approximate surface area is 113 Å². The minimum atomic E-state index is -1.03. The minimum Gasteiger partial charge on any atom is -0.458 e. The molecule has 1 saturated heterocycles. The quantitative estimate of drug-likeness (QED) is 0.624. The molecule has 0 aromatic carbocycles. The molecule has 1 fully saturated rings. The molecule has 0 aromatic heterocycles. The van der Waals surface area contributed by atoms with Crippen LogP contribution in [0.3, 0.4) is 0 Å². The first-order valence-corrected chi connectivity index (χ1v) is 6.65. The number of aliphatic hydroxyl groups is 1. The van der Waals surface area contributed by atoms with E-state index in [1.165, 1.54) is 6.92 Å². The van der Waals surface area contributed by atoms with E-state index in [0.717, 1.165) is 19.4 Å². The fourth-order valence-electron chi connectivity index (χ4n) is 1.90. The Morgan fingerprint density at radius 2 is 2.05 bits per heavy atom. The molecule has 1 amide bonds. The molecule has 3 atom stereocenters. The molecular weight excluding hydrogens is 248 g/mol. The van der Waals surface area contributed by atoms with Gasteiger partial charge in [-0.25, -0.2) is 4.79 Å². The summed E-state index contributed by atoms with van der Waals surface area (Å²) >= 11 is 0. The maximum Gasteiger partial charge on any atom is 0.331 e. The Balaban J connectivity index is 2.62. The van der Waals surface area contributed by atoms with Gasteiger partial charge in [0.15, 0.2) is 6.04 Å². The van der Waals surface area contributed by atoms with Crippen LogP contribution in [-0.4, -0.2) is 47.3 Å². The van der Waals surface area contributed by atoms with Crippen LogP contribution < -0.4 is 10.6 Å². The SMILES string of the molecule is C[C@H](O)[C@H](NC(=O)[C@@H]1CCCN1)C(=O)OC(C)(C)C. The molecule has 0 aliphatic carbocycles. The largest absolute Gasteiger partial charge is 0.458 e. The number of hydrogen-bond donors (Lipinski definition) is 3. The molecule has 0 bridgehead atoms. The lowest BCUT2D eigenvalue weighted by Gasteiger charge is -2.26. The summed E-state index contributed by atoms with van der Waals surface area (Å²) in [6.45, 7) is 7.47. The number of carbonyl (C=O) groups excluding carboxylic acids is 2. The number of esters is 1. The van der Waals surface area contributed by atoms with E-state index >= 15 is 0 Å². The lowest BCUT2D eigenvalue weighted by atomic mass is 10.1. The van der Waals surface area contributed by atoms with Crippen molar-refractivity contribution < 1.29 is 19.4 Å². The molecule has 1 heterocycles. The van der Waals surface area contributed by atoms with E-state index in [-0.39, 0.29) is 11.9 Å². The molecule has 1 rings (SSSR count). The van der Waals surface area contributed by atoms with Gasteiger partial charge in [0.05, 0.1) is 12.1 Å². The van der Waals surface area contributed by atoms with Gasteiger partial charge in [0.1, 0.15) is 5.60 Å². The van der Waals surface area contributed by atoms with E-state index in [9.17, 15) is 14.7 Å². The Bertz CT molecular complexity index is 330. The van der Waals surface area contributed by atoms with E-state index in [4.69, 9.17) is 4.74 Å². The number of rotatable bonds is 4. The molecule has 1 aliphatic rings. The number of aliphatic hydroxyl groups excluding tert-OH is 1. The molecule has 0 aromatic rings. The molecule has 0 spiro atoms. The average Bonchev–Trinajstić information content (AvgIpc) is 2.75. The maximum atomic E-state index is 11.9. The van der Waals surface area contributed by atoms with Crippen LogP contribution in [-0.2, 0) is 14.3 Å². The summed E-state index contributed by atoms with van der Waals surface area (Å²) in [4.78, 5) is 23.9.